The molecule has 0 aliphatic heterocycles. The molecule has 0 aliphatic rings. The molecule has 2 unspecified atom stereocenters. The first-order valence-corrected chi connectivity index (χ1v) is 6.90. The first-order chi connectivity index (χ1) is 9.33. The first-order valence-electron chi connectivity index (χ1n) is 6.90. The highest BCUT2D eigenvalue weighted by Gasteiger charge is 2.22. The molecular weight excluding hydrogens is 234 g/mol. The minimum absolute atomic E-state index is 0.0948. The molecule has 0 saturated carbocycles. The van der Waals surface area contributed by atoms with Gasteiger partial charge in [-0.1, -0.05) is 31.9 Å². The Bertz CT molecular complexity index is 470. The van der Waals surface area contributed by atoms with Gasteiger partial charge >= 0.3 is 0 Å². The van der Waals surface area contributed by atoms with E-state index in [0.29, 0.717) is 0 Å². The van der Waals surface area contributed by atoms with E-state index in [0.717, 1.165) is 30.7 Å². The van der Waals surface area contributed by atoms with Gasteiger partial charge in [-0.2, -0.15) is 0 Å². The van der Waals surface area contributed by atoms with Crippen molar-refractivity contribution in [3.63, 3.8) is 0 Å². The van der Waals surface area contributed by atoms with Crippen molar-refractivity contribution in [3.05, 3.63) is 60.2 Å². The summed E-state index contributed by atoms with van der Waals surface area (Å²) in [5, 5.41) is 0. The van der Waals surface area contributed by atoms with Crippen LogP contribution in [0.4, 0.5) is 0 Å². The Morgan fingerprint density at radius 2 is 1.63 bits per heavy atom. The molecule has 2 atom stereocenters. The van der Waals surface area contributed by atoms with Crippen LogP contribution >= 0.6 is 0 Å². The van der Waals surface area contributed by atoms with Crippen LogP contribution in [0.1, 0.15) is 49.5 Å². The van der Waals surface area contributed by atoms with Crippen molar-refractivity contribution < 1.29 is 0 Å². The van der Waals surface area contributed by atoms with Gasteiger partial charge in [0, 0.05) is 24.0 Å². The van der Waals surface area contributed by atoms with Gasteiger partial charge in [-0.05, 0) is 30.7 Å². The number of pyridine rings is 2. The molecule has 0 saturated heterocycles. The number of nitrogens with zero attached hydrogens (tertiary/aromatic N) is 2. The lowest BCUT2D eigenvalue weighted by Gasteiger charge is -2.23. The number of aromatic nitrogens is 2. The summed E-state index contributed by atoms with van der Waals surface area (Å²) in [5.41, 5.74) is 8.41. The Morgan fingerprint density at radius 1 is 1.00 bits per heavy atom. The highest BCUT2D eigenvalue weighted by atomic mass is 14.8. The molecule has 19 heavy (non-hydrogen) atoms. The molecule has 0 aromatic carbocycles. The lowest BCUT2D eigenvalue weighted by atomic mass is 9.88. The first kappa shape index (κ1) is 13.7. The quantitative estimate of drug-likeness (QED) is 0.860. The Balaban J connectivity index is 2.22. The normalized spacial score (nSPS) is 14.0. The number of hydrogen-bond donors (Lipinski definition) is 1. The molecule has 0 bridgehead atoms. The van der Waals surface area contributed by atoms with Gasteiger partial charge < -0.3 is 5.73 Å². The zero-order chi connectivity index (χ0) is 13.5. The van der Waals surface area contributed by atoms with Gasteiger partial charge in [0.05, 0.1) is 11.7 Å². The van der Waals surface area contributed by atoms with Crippen LogP contribution in [-0.4, -0.2) is 9.97 Å². The average Bonchev–Trinajstić information content (AvgIpc) is 2.49. The second-order valence-corrected chi connectivity index (χ2v) is 4.78. The van der Waals surface area contributed by atoms with E-state index in [2.05, 4.69) is 23.0 Å². The minimum atomic E-state index is -0.0948. The molecule has 0 aliphatic carbocycles. The summed E-state index contributed by atoms with van der Waals surface area (Å²) in [6, 6.07) is 11.8. The summed E-state index contributed by atoms with van der Waals surface area (Å²) in [7, 11) is 0. The zero-order valence-corrected chi connectivity index (χ0v) is 11.4. The van der Waals surface area contributed by atoms with Crippen molar-refractivity contribution >= 4 is 0 Å². The van der Waals surface area contributed by atoms with Crippen molar-refractivity contribution in [1.82, 2.24) is 9.97 Å². The van der Waals surface area contributed by atoms with Crippen LogP contribution < -0.4 is 5.73 Å². The Morgan fingerprint density at radius 3 is 2.16 bits per heavy atom. The molecule has 3 nitrogen and oxygen atoms in total. The standard InChI is InChI=1S/C16H21N3/c1-2-3-8-13(14-9-4-6-11-18-14)16(17)15-10-5-7-12-19-15/h4-7,9-13,16H,2-3,8,17H2,1H3. The van der Waals surface area contributed by atoms with Crippen molar-refractivity contribution in [2.75, 3.05) is 0 Å². The maximum Gasteiger partial charge on any atom is 0.0577 e. The van der Waals surface area contributed by atoms with Gasteiger partial charge in [0.25, 0.3) is 0 Å². The van der Waals surface area contributed by atoms with Crippen LogP contribution in [0.3, 0.4) is 0 Å². The number of unbranched alkanes of at least 4 members (excludes halogenated alkanes) is 1. The largest absolute Gasteiger partial charge is 0.322 e. The third-order valence-corrected chi connectivity index (χ3v) is 3.40. The van der Waals surface area contributed by atoms with Gasteiger partial charge in [-0.15, -0.1) is 0 Å². The number of nitrogens with two attached hydrogens (primary N) is 1. The second kappa shape index (κ2) is 7.00. The predicted octanol–water partition coefficient (Wildman–Crippen LogP) is 3.45. The zero-order valence-electron chi connectivity index (χ0n) is 11.4. The SMILES string of the molecule is CCCCC(c1ccccn1)C(N)c1ccccn1. The maximum atomic E-state index is 6.41. The van der Waals surface area contributed by atoms with Gasteiger partial charge in [0.15, 0.2) is 0 Å². The summed E-state index contributed by atoms with van der Waals surface area (Å²) < 4.78 is 0. The highest BCUT2D eigenvalue weighted by molar-refractivity contribution is 5.18. The molecule has 2 heterocycles. The van der Waals surface area contributed by atoms with E-state index in [-0.39, 0.29) is 12.0 Å². The van der Waals surface area contributed by atoms with Crippen LogP contribution in [0, 0.1) is 0 Å². The van der Waals surface area contributed by atoms with Crippen molar-refractivity contribution in [3.8, 4) is 0 Å². The van der Waals surface area contributed by atoms with E-state index in [1.165, 1.54) is 0 Å². The fraction of sp³-hybridized carbons (Fsp3) is 0.375. The lowest BCUT2D eigenvalue weighted by Crippen LogP contribution is -2.21. The van der Waals surface area contributed by atoms with E-state index in [1.54, 1.807) is 6.20 Å². The molecule has 3 heteroatoms. The highest BCUT2D eigenvalue weighted by Crippen LogP contribution is 2.31. The summed E-state index contributed by atoms with van der Waals surface area (Å²) in [6.45, 7) is 2.20. The Hall–Kier alpha value is -1.74. The third kappa shape index (κ3) is 3.61. The molecule has 2 aromatic heterocycles. The van der Waals surface area contributed by atoms with Gasteiger partial charge in [-0.3, -0.25) is 9.97 Å². The minimum Gasteiger partial charge on any atom is -0.322 e. The number of hydrogen-bond acceptors (Lipinski definition) is 3. The van der Waals surface area contributed by atoms with Gasteiger partial charge in [0.1, 0.15) is 0 Å². The van der Waals surface area contributed by atoms with E-state index < -0.39 is 0 Å². The van der Waals surface area contributed by atoms with Gasteiger partial charge in [-0.25, -0.2) is 0 Å². The molecule has 0 spiro atoms. The van der Waals surface area contributed by atoms with Crippen LogP contribution in [0.2, 0.25) is 0 Å². The van der Waals surface area contributed by atoms with Crippen molar-refractivity contribution in [1.29, 1.82) is 0 Å². The van der Waals surface area contributed by atoms with E-state index >= 15 is 0 Å². The molecule has 0 radical (unpaired) electrons. The average molecular weight is 255 g/mol. The summed E-state index contributed by atoms with van der Waals surface area (Å²) in [5.74, 6) is 0.232. The Labute approximate surface area is 114 Å². The van der Waals surface area contributed by atoms with Gasteiger partial charge in [0.2, 0.25) is 0 Å². The van der Waals surface area contributed by atoms with E-state index in [9.17, 15) is 0 Å². The molecule has 0 fully saturated rings. The van der Waals surface area contributed by atoms with Crippen LogP contribution in [0.15, 0.2) is 48.8 Å². The fourth-order valence-electron chi connectivity index (χ4n) is 2.31. The van der Waals surface area contributed by atoms with Crippen LogP contribution in [0.25, 0.3) is 0 Å². The topological polar surface area (TPSA) is 51.8 Å². The summed E-state index contributed by atoms with van der Waals surface area (Å²) in [4.78, 5) is 8.85. The molecule has 0 amide bonds. The molecule has 2 N–H and O–H groups in total. The van der Waals surface area contributed by atoms with Crippen molar-refractivity contribution in [2.24, 2.45) is 5.73 Å². The van der Waals surface area contributed by atoms with E-state index in [1.807, 2.05) is 36.5 Å². The molecule has 2 aromatic rings. The Kier molecular flexibility index (Phi) is 5.04. The fourth-order valence-corrected chi connectivity index (χ4v) is 2.31. The summed E-state index contributed by atoms with van der Waals surface area (Å²) in [6.07, 6.45) is 7.00. The third-order valence-electron chi connectivity index (χ3n) is 3.40. The smallest absolute Gasteiger partial charge is 0.0577 e. The molecular formula is C16H21N3. The maximum absolute atomic E-state index is 6.41. The van der Waals surface area contributed by atoms with Crippen molar-refractivity contribution in [2.45, 2.75) is 38.1 Å². The molecule has 100 valence electrons. The predicted molar refractivity (Wildman–Crippen MR) is 77.7 cm³/mol. The van der Waals surface area contributed by atoms with Crippen LogP contribution in [-0.2, 0) is 0 Å². The molecule has 2 rings (SSSR count). The van der Waals surface area contributed by atoms with Crippen LogP contribution in [0.5, 0.6) is 0 Å². The van der Waals surface area contributed by atoms with E-state index in [4.69, 9.17) is 5.73 Å². The summed E-state index contributed by atoms with van der Waals surface area (Å²) >= 11 is 0. The second-order valence-electron chi connectivity index (χ2n) is 4.78. The lowest BCUT2D eigenvalue weighted by molar-refractivity contribution is 0.479. The number of rotatable bonds is 6. The monoisotopic (exact) mass is 255 g/mol.